The molecule has 1 aliphatic rings. The van der Waals surface area contributed by atoms with Crippen LogP contribution in [0.2, 0.25) is 4.34 Å². The van der Waals surface area contributed by atoms with Gasteiger partial charge in [0.05, 0.1) is 14.6 Å². The Bertz CT molecular complexity index is 1040. The zero-order valence-electron chi connectivity index (χ0n) is 13.9. The number of nitrogens with zero attached hydrogens (tertiary/aromatic N) is 3. The first-order chi connectivity index (χ1) is 12.5. The van der Waals surface area contributed by atoms with Crippen molar-refractivity contribution in [1.82, 2.24) is 9.29 Å². The molecule has 0 saturated carbocycles. The Morgan fingerprint density at radius 1 is 1.12 bits per heavy atom. The molecule has 1 aromatic carbocycles. The van der Waals surface area contributed by atoms with Crippen LogP contribution in [0.1, 0.15) is 0 Å². The zero-order chi connectivity index (χ0) is 18.3. The van der Waals surface area contributed by atoms with Gasteiger partial charge in [-0.15, -0.1) is 23.1 Å². The fraction of sp³-hybridized carbons (Fsp3) is 0.312. The molecule has 0 amide bonds. The van der Waals surface area contributed by atoms with Gasteiger partial charge in [-0.1, -0.05) is 22.9 Å². The lowest BCUT2D eigenvalue weighted by atomic mass is 10.3. The predicted molar refractivity (Wildman–Crippen MR) is 112 cm³/mol. The Labute approximate surface area is 169 Å². The predicted octanol–water partition coefficient (Wildman–Crippen LogP) is 4.24. The van der Waals surface area contributed by atoms with E-state index in [1.165, 1.54) is 9.20 Å². The molecule has 3 heterocycles. The summed E-state index contributed by atoms with van der Waals surface area (Å²) in [6, 6.07) is 9.48. The summed E-state index contributed by atoms with van der Waals surface area (Å²) in [6.45, 7) is 2.16. The van der Waals surface area contributed by atoms with Gasteiger partial charge < -0.3 is 4.90 Å². The van der Waals surface area contributed by atoms with Crippen molar-refractivity contribution >= 4 is 71.4 Å². The van der Waals surface area contributed by atoms with Crippen molar-refractivity contribution in [3.63, 3.8) is 0 Å². The minimum atomic E-state index is -3.46. The highest BCUT2D eigenvalue weighted by atomic mass is 35.5. The van der Waals surface area contributed by atoms with Crippen molar-refractivity contribution in [3.8, 4) is 0 Å². The summed E-state index contributed by atoms with van der Waals surface area (Å²) in [5.74, 6) is 0. The smallest absolute Gasteiger partial charge is 0.252 e. The molecule has 1 saturated heterocycles. The van der Waals surface area contributed by atoms with Crippen LogP contribution in [0.3, 0.4) is 0 Å². The minimum Gasteiger partial charge on any atom is -0.345 e. The fourth-order valence-corrected chi connectivity index (χ4v) is 7.47. The van der Waals surface area contributed by atoms with Crippen LogP contribution in [0.15, 0.2) is 39.4 Å². The second-order valence-corrected chi connectivity index (χ2v) is 11.5. The molecular weight excluding hydrogens is 430 g/mol. The van der Waals surface area contributed by atoms with Crippen molar-refractivity contribution in [2.24, 2.45) is 0 Å². The van der Waals surface area contributed by atoms with Gasteiger partial charge in [-0.05, 0) is 36.6 Å². The summed E-state index contributed by atoms with van der Waals surface area (Å²) in [6.07, 6.45) is 2.06. The number of rotatable bonds is 4. The van der Waals surface area contributed by atoms with Gasteiger partial charge in [0.25, 0.3) is 10.0 Å². The zero-order valence-corrected chi connectivity index (χ0v) is 17.9. The molecule has 10 heteroatoms. The summed E-state index contributed by atoms with van der Waals surface area (Å²) in [5, 5.41) is 0.953. The Kier molecular flexibility index (Phi) is 5.19. The van der Waals surface area contributed by atoms with E-state index in [2.05, 4.69) is 23.3 Å². The maximum Gasteiger partial charge on any atom is 0.252 e. The second kappa shape index (κ2) is 7.29. The number of anilines is 1. The van der Waals surface area contributed by atoms with Crippen molar-refractivity contribution in [3.05, 3.63) is 34.7 Å². The SMILES string of the molecule is CSc1ccc2nc(N3CCN(S(=O)(=O)c4ccc(Cl)s4)CC3)sc2c1. The number of aromatic nitrogens is 1. The molecule has 2 aromatic heterocycles. The van der Waals surface area contributed by atoms with E-state index in [9.17, 15) is 8.42 Å². The normalized spacial score (nSPS) is 16.5. The van der Waals surface area contributed by atoms with Crippen LogP contribution < -0.4 is 4.90 Å². The molecule has 0 bridgehead atoms. The van der Waals surface area contributed by atoms with Crippen LogP contribution in [0.25, 0.3) is 10.2 Å². The van der Waals surface area contributed by atoms with Gasteiger partial charge in [0, 0.05) is 31.1 Å². The van der Waals surface area contributed by atoms with Crippen LogP contribution in [-0.4, -0.2) is 50.1 Å². The lowest BCUT2D eigenvalue weighted by molar-refractivity contribution is 0.386. The van der Waals surface area contributed by atoms with Gasteiger partial charge in [0.2, 0.25) is 0 Å². The molecule has 0 atom stereocenters. The summed E-state index contributed by atoms with van der Waals surface area (Å²) in [7, 11) is -3.46. The standard InChI is InChI=1S/C16H16ClN3O2S4/c1-23-11-2-3-12-13(10-11)24-16(18-12)19-6-8-20(9-7-19)26(21,22)15-5-4-14(17)25-15/h2-5,10H,6-9H2,1H3. The average Bonchev–Trinajstić information content (AvgIpc) is 3.27. The Morgan fingerprint density at radius 3 is 2.54 bits per heavy atom. The van der Waals surface area contributed by atoms with Crippen molar-refractivity contribution in [2.75, 3.05) is 37.3 Å². The first-order valence-corrected chi connectivity index (χ1v) is 12.6. The van der Waals surface area contributed by atoms with E-state index < -0.39 is 10.0 Å². The molecular formula is C16H16ClN3O2S4. The van der Waals surface area contributed by atoms with Crippen LogP contribution in [0, 0.1) is 0 Å². The molecule has 138 valence electrons. The van der Waals surface area contributed by atoms with Gasteiger partial charge in [-0.25, -0.2) is 13.4 Å². The number of hydrogen-bond donors (Lipinski definition) is 0. The summed E-state index contributed by atoms with van der Waals surface area (Å²) in [4.78, 5) is 8.10. The van der Waals surface area contributed by atoms with Gasteiger partial charge in [0.15, 0.2) is 5.13 Å². The highest BCUT2D eigenvalue weighted by Gasteiger charge is 2.30. The van der Waals surface area contributed by atoms with Gasteiger partial charge in [0.1, 0.15) is 4.21 Å². The van der Waals surface area contributed by atoms with E-state index in [1.807, 2.05) is 6.07 Å². The number of benzene rings is 1. The maximum absolute atomic E-state index is 12.7. The van der Waals surface area contributed by atoms with Crippen LogP contribution >= 0.6 is 46.0 Å². The number of thiophene rings is 1. The molecule has 5 nitrogen and oxygen atoms in total. The quantitative estimate of drug-likeness (QED) is 0.562. The summed E-state index contributed by atoms with van der Waals surface area (Å²) < 4.78 is 28.9. The number of thioether (sulfide) groups is 1. The Hall–Kier alpha value is -0.840. The Morgan fingerprint density at radius 2 is 1.88 bits per heavy atom. The fourth-order valence-electron chi connectivity index (χ4n) is 2.84. The first kappa shape index (κ1) is 18.5. The molecule has 0 unspecified atom stereocenters. The first-order valence-electron chi connectivity index (χ1n) is 7.92. The molecule has 0 radical (unpaired) electrons. The molecule has 1 fully saturated rings. The Balaban J connectivity index is 1.50. The summed E-state index contributed by atoms with van der Waals surface area (Å²) in [5.41, 5.74) is 0.992. The lowest BCUT2D eigenvalue weighted by Gasteiger charge is -2.33. The van der Waals surface area contributed by atoms with Crippen LogP contribution in [0.4, 0.5) is 5.13 Å². The molecule has 26 heavy (non-hydrogen) atoms. The molecule has 3 aromatic rings. The van der Waals surface area contributed by atoms with E-state index in [4.69, 9.17) is 16.6 Å². The summed E-state index contributed by atoms with van der Waals surface area (Å²) >= 11 is 10.4. The molecule has 0 aliphatic carbocycles. The van der Waals surface area contributed by atoms with Gasteiger partial charge >= 0.3 is 0 Å². The van der Waals surface area contributed by atoms with Crippen molar-refractivity contribution in [1.29, 1.82) is 0 Å². The number of hydrogen-bond acceptors (Lipinski definition) is 7. The van der Waals surface area contributed by atoms with Crippen LogP contribution in [0.5, 0.6) is 0 Å². The second-order valence-electron chi connectivity index (χ2n) is 5.78. The monoisotopic (exact) mass is 445 g/mol. The van der Waals surface area contributed by atoms with E-state index >= 15 is 0 Å². The third kappa shape index (κ3) is 3.48. The minimum absolute atomic E-state index is 0.306. The number of fused-ring (bicyclic) bond motifs is 1. The highest BCUT2D eigenvalue weighted by molar-refractivity contribution is 7.98. The molecule has 1 aliphatic heterocycles. The van der Waals surface area contributed by atoms with Crippen molar-refractivity contribution in [2.45, 2.75) is 9.10 Å². The van der Waals surface area contributed by atoms with E-state index in [1.54, 1.807) is 35.2 Å². The number of sulfonamides is 1. The van der Waals surface area contributed by atoms with Crippen molar-refractivity contribution < 1.29 is 8.42 Å². The van der Waals surface area contributed by atoms with Gasteiger partial charge in [-0.2, -0.15) is 4.31 Å². The lowest BCUT2D eigenvalue weighted by Crippen LogP contribution is -2.48. The number of thiazole rings is 1. The third-order valence-corrected chi connectivity index (χ3v) is 9.64. The van der Waals surface area contributed by atoms with E-state index in [-0.39, 0.29) is 0 Å². The molecule has 4 rings (SSSR count). The number of halogens is 1. The molecule has 0 N–H and O–H groups in total. The largest absolute Gasteiger partial charge is 0.345 e. The topological polar surface area (TPSA) is 53.5 Å². The maximum atomic E-state index is 12.7. The van der Waals surface area contributed by atoms with E-state index in [0.717, 1.165) is 26.7 Å². The van der Waals surface area contributed by atoms with E-state index in [0.29, 0.717) is 34.7 Å². The third-order valence-electron chi connectivity index (χ3n) is 4.24. The highest BCUT2D eigenvalue weighted by Crippen LogP contribution is 2.33. The van der Waals surface area contributed by atoms with Gasteiger partial charge in [-0.3, -0.25) is 0 Å². The molecule has 0 spiro atoms. The number of piperazine rings is 1. The van der Waals surface area contributed by atoms with Crippen LogP contribution in [-0.2, 0) is 10.0 Å². The average molecular weight is 446 g/mol.